The third-order valence-electron chi connectivity index (χ3n) is 6.16. The van der Waals surface area contributed by atoms with Gasteiger partial charge in [0.2, 0.25) is 0 Å². The summed E-state index contributed by atoms with van der Waals surface area (Å²) in [6.45, 7) is 6.56. The summed E-state index contributed by atoms with van der Waals surface area (Å²) >= 11 is 0. The smallest absolute Gasteiger partial charge is 0.311 e. The van der Waals surface area contributed by atoms with Gasteiger partial charge in [0, 0.05) is 24.4 Å². The molecule has 0 amide bonds. The highest BCUT2D eigenvalue weighted by atomic mass is 16.5. The quantitative estimate of drug-likeness (QED) is 0.152. The van der Waals surface area contributed by atoms with E-state index in [1.54, 1.807) is 0 Å². The third kappa shape index (κ3) is 10.4. The summed E-state index contributed by atoms with van der Waals surface area (Å²) in [6.07, 6.45) is 19.4. The Kier molecular flexibility index (Phi) is 12.6. The molecular formula is C28H42N2O2. The van der Waals surface area contributed by atoms with Gasteiger partial charge in [-0.15, -0.1) is 0 Å². The van der Waals surface area contributed by atoms with Crippen LogP contribution < -0.4 is 4.74 Å². The lowest BCUT2D eigenvalue weighted by Crippen LogP contribution is -2.09. The first-order valence-corrected chi connectivity index (χ1v) is 12.7. The van der Waals surface area contributed by atoms with E-state index >= 15 is 0 Å². The van der Waals surface area contributed by atoms with Crippen molar-refractivity contribution in [2.75, 3.05) is 0 Å². The fourth-order valence-corrected chi connectivity index (χ4v) is 3.70. The Morgan fingerprint density at radius 2 is 1.47 bits per heavy atom. The number of benzene rings is 1. The summed E-state index contributed by atoms with van der Waals surface area (Å²) in [5.41, 5.74) is 2.13. The summed E-state index contributed by atoms with van der Waals surface area (Å²) in [7, 11) is 0. The summed E-state index contributed by atoms with van der Waals surface area (Å²) in [4.78, 5) is 21.0. The largest absolute Gasteiger partial charge is 0.427 e. The molecule has 2 aromatic rings. The van der Waals surface area contributed by atoms with E-state index < -0.39 is 0 Å². The van der Waals surface area contributed by atoms with Crippen LogP contribution in [0.2, 0.25) is 0 Å². The number of carbonyl (C=O) groups excluding carboxylic acids is 1. The fourth-order valence-electron chi connectivity index (χ4n) is 3.70. The first-order valence-electron chi connectivity index (χ1n) is 12.7. The highest BCUT2D eigenvalue weighted by molar-refractivity contribution is 5.72. The van der Waals surface area contributed by atoms with Crippen LogP contribution >= 0.6 is 0 Å². The number of carbonyl (C=O) groups is 1. The molecule has 0 radical (unpaired) electrons. The van der Waals surface area contributed by atoms with Crippen molar-refractivity contribution in [3.63, 3.8) is 0 Å². The standard InChI is InChI=1S/C28H42N2O2/c1-4-6-7-8-9-10-11-12-13-14-24-21-29-28(30-22-24)25-16-18-26(19-17-25)32-27(31)20-15-23(3)5-2/h16-19,21-23H,4-15,20H2,1-3H3. The molecule has 0 spiro atoms. The van der Waals surface area contributed by atoms with Gasteiger partial charge >= 0.3 is 5.97 Å². The first kappa shape index (κ1) is 26.0. The molecule has 0 aliphatic heterocycles. The highest BCUT2D eigenvalue weighted by Crippen LogP contribution is 2.21. The van der Waals surface area contributed by atoms with Gasteiger partial charge in [-0.05, 0) is 55.0 Å². The summed E-state index contributed by atoms with van der Waals surface area (Å²) in [5, 5.41) is 0. The molecule has 0 fully saturated rings. The van der Waals surface area contributed by atoms with Crippen molar-refractivity contribution in [2.45, 2.75) is 104 Å². The Labute approximate surface area is 195 Å². The van der Waals surface area contributed by atoms with Gasteiger partial charge in [-0.3, -0.25) is 4.79 Å². The molecule has 32 heavy (non-hydrogen) atoms. The van der Waals surface area contributed by atoms with Gasteiger partial charge in [0.1, 0.15) is 5.75 Å². The number of aromatic nitrogens is 2. The fraction of sp³-hybridized carbons (Fsp3) is 0.607. The maximum absolute atomic E-state index is 12.0. The van der Waals surface area contributed by atoms with E-state index in [4.69, 9.17) is 4.74 Å². The van der Waals surface area contributed by atoms with Crippen LogP contribution in [-0.4, -0.2) is 15.9 Å². The van der Waals surface area contributed by atoms with E-state index in [1.165, 1.54) is 63.4 Å². The minimum absolute atomic E-state index is 0.171. The van der Waals surface area contributed by atoms with Crippen molar-refractivity contribution in [3.05, 3.63) is 42.2 Å². The lowest BCUT2D eigenvalue weighted by atomic mass is 10.0. The normalized spacial score (nSPS) is 12.0. The molecule has 1 aromatic carbocycles. The molecule has 1 atom stereocenters. The van der Waals surface area contributed by atoms with Gasteiger partial charge < -0.3 is 4.74 Å². The summed E-state index contributed by atoms with van der Waals surface area (Å²) in [6, 6.07) is 7.45. The van der Waals surface area contributed by atoms with Crippen LogP contribution in [0.25, 0.3) is 11.4 Å². The molecule has 0 aliphatic carbocycles. The van der Waals surface area contributed by atoms with E-state index in [1.807, 2.05) is 36.7 Å². The van der Waals surface area contributed by atoms with Gasteiger partial charge in [0.05, 0.1) is 0 Å². The van der Waals surface area contributed by atoms with Crippen molar-refractivity contribution >= 4 is 5.97 Å². The molecule has 4 heteroatoms. The lowest BCUT2D eigenvalue weighted by Gasteiger charge is -2.08. The van der Waals surface area contributed by atoms with E-state index in [0.29, 0.717) is 23.9 Å². The average Bonchev–Trinajstić information content (AvgIpc) is 2.82. The lowest BCUT2D eigenvalue weighted by molar-refractivity contribution is -0.134. The van der Waals surface area contributed by atoms with Crippen molar-refractivity contribution < 1.29 is 9.53 Å². The van der Waals surface area contributed by atoms with Crippen LogP contribution in [0.3, 0.4) is 0 Å². The Balaban J connectivity index is 1.69. The Morgan fingerprint density at radius 3 is 2.06 bits per heavy atom. The molecule has 1 unspecified atom stereocenters. The van der Waals surface area contributed by atoms with Crippen LogP contribution in [0, 0.1) is 5.92 Å². The zero-order valence-electron chi connectivity index (χ0n) is 20.4. The number of esters is 1. The van der Waals surface area contributed by atoms with Crippen LogP contribution in [-0.2, 0) is 11.2 Å². The van der Waals surface area contributed by atoms with Crippen molar-refractivity contribution in [1.82, 2.24) is 9.97 Å². The maximum Gasteiger partial charge on any atom is 0.311 e. The Bertz CT molecular complexity index is 756. The molecule has 0 saturated carbocycles. The number of ether oxygens (including phenoxy) is 1. The molecule has 1 aromatic heterocycles. The number of aryl methyl sites for hydroxylation is 1. The molecule has 176 valence electrons. The average molecular weight is 439 g/mol. The minimum atomic E-state index is -0.171. The minimum Gasteiger partial charge on any atom is -0.427 e. The van der Waals surface area contributed by atoms with Gasteiger partial charge in [-0.25, -0.2) is 9.97 Å². The van der Waals surface area contributed by atoms with Crippen LogP contribution in [0.4, 0.5) is 0 Å². The molecular weight excluding hydrogens is 396 g/mol. The second-order valence-corrected chi connectivity index (χ2v) is 9.04. The predicted octanol–water partition coefficient (Wildman–Crippen LogP) is 7.95. The number of hydrogen-bond donors (Lipinski definition) is 0. The molecule has 0 N–H and O–H groups in total. The number of rotatable bonds is 16. The monoisotopic (exact) mass is 438 g/mol. The van der Waals surface area contributed by atoms with Crippen molar-refractivity contribution in [1.29, 1.82) is 0 Å². The molecule has 0 aliphatic rings. The second kappa shape index (κ2) is 15.6. The number of nitrogens with zero attached hydrogens (tertiary/aromatic N) is 2. The van der Waals surface area contributed by atoms with Gasteiger partial charge in [0.25, 0.3) is 0 Å². The van der Waals surface area contributed by atoms with Crippen LogP contribution in [0.5, 0.6) is 5.75 Å². The van der Waals surface area contributed by atoms with E-state index in [0.717, 1.165) is 24.8 Å². The summed E-state index contributed by atoms with van der Waals surface area (Å²) < 4.78 is 5.44. The topological polar surface area (TPSA) is 52.1 Å². The zero-order valence-corrected chi connectivity index (χ0v) is 20.4. The van der Waals surface area contributed by atoms with E-state index in [9.17, 15) is 4.79 Å². The molecule has 2 rings (SSSR count). The zero-order chi connectivity index (χ0) is 23.0. The Hall–Kier alpha value is -2.23. The predicted molar refractivity (Wildman–Crippen MR) is 133 cm³/mol. The highest BCUT2D eigenvalue weighted by Gasteiger charge is 2.09. The van der Waals surface area contributed by atoms with Gasteiger partial charge in [-0.1, -0.05) is 78.6 Å². The van der Waals surface area contributed by atoms with Crippen molar-refractivity contribution in [2.24, 2.45) is 5.92 Å². The van der Waals surface area contributed by atoms with E-state index in [2.05, 4.69) is 30.7 Å². The molecule has 0 bridgehead atoms. The maximum atomic E-state index is 12.0. The van der Waals surface area contributed by atoms with Gasteiger partial charge in [0.15, 0.2) is 5.82 Å². The number of unbranched alkanes of at least 4 members (excludes halogenated alkanes) is 8. The Morgan fingerprint density at radius 1 is 0.875 bits per heavy atom. The van der Waals surface area contributed by atoms with E-state index in [-0.39, 0.29) is 5.97 Å². The molecule has 4 nitrogen and oxygen atoms in total. The van der Waals surface area contributed by atoms with Crippen molar-refractivity contribution in [3.8, 4) is 17.1 Å². The second-order valence-electron chi connectivity index (χ2n) is 9.04. The number of hydrogen-bond acceptors (Lipinski definition) is 4. The molecule has 1 heterocycles. The first-order chi connectivity index (χ1) is 15.6. The van der Waals surface area contributed by atoms with Crippen LogP contribution in [0.15, 0.2) is 36.7 Å². The summed E-state index contributed by atoms with van der Waals surface area (Å²) in [5.74, 6) is 1.65. The SMILES string of the molecule is CCCCCCCCCCCc1cnc(-c2ccc(OC(=O)CCC(C)CC)cc2)nc1. The van der Waals surface area contributed by atoms with Gasteiger partial charge in [-0.2, -0.15) is 0 Å². The third-order valence-corrected chi connectivity index (χ3v) is 6.16. The van der Waals surface area contributed by atoms with Crippen LogP contribution in [0.1, 0.15) is 103 Å². The molecule has 0 saturated heterocycles.